The number of thiophene rings is 1. The highest BCUT2D eigenvalue weighted by Crippen LogP contribution is 2.29. The van der Waals surface area contributed by atoms with Crippen molar-refractivity contribution in [3.8, 4) is 0 Å². The van der Waals surface area contributed by atoms with Crippen LogP contribution in [0, 0.1) is 13.8 Å². The van der Waals surface area contributed by atoms with E-state index in [4.69, 9.17) is 4.52 Å². The Hall–Kier alpha value is -2.04. The van der Waals surface area contributed by atoms with E-state index in [1.54, 1.807) is 31.5 Å². The van der Waals surface area contributed by atoms with Crippen molar-refractivity contribution in [3.63, 3.8) is 0 Å². The molecule has 0 saturated carbocycles. The van der Waals surface area contributed by atoms with Crippen molar-refractivity contribution in [2.75, 3.05) is 31.1 Å². The molecule has 0 amide bonds. The highest BCUT2D eigenvalue weighted by molar-refractivity contribution is 7.89. The average Bonchev–Trinajstić information content (AvgIpc) is 3.13. The molecule has 4 rings (SSSR count). The van der Waals surface area contributed by atoms with Gasteiger partial charge in [0.1, 0.15) is 27.6 Å². The molecule has 1 saturated heterocycles. The predicted octanol–water partition coefficient (Wildman–Crippen LogP) is 2.20. The number of nitrogens with zero attached hydrogens (tertiary/aromatic N) is 5. The first-order valence-corrected chi connectivity index (χ1v) is 10.7. The number of hydrogen-bond donors (Lipinski definition) is 0. The van der Waals surface area contributed by atoms with Crippen LogP contribution in [0.5, 0.6) is 0 Å². The normalized spacial score (nSPS) is 16.9. The van der Waals surface area contributed by atoms with Gasteiger partial charge in [0.15, 0.2) is 5.76 Å². The van der Waals surface area contributed by atoms with Gasteiger partial charge in [-0.15, -0.1) is 11.3 Å². The van der Waals surface area contributed by atoms with E-state index in [0.717, 1.165) is 29.0 Å². The molecule has 0 radical (unpaired) electrons. The van der Waals surface area contributed by atoms with Crippen molar-refractivity contribution in [1.29, 1.82) is 0 Å². The molecule has 26 heavy (non-hydrogen) atoms. The van der Waals surface area contributed by atoms with Crippen molar-refractivity contribution >= 4 is 37.4 Å². The third kappa shape index (κ3) is 2.87. The standard InChI is InChI=1S/C16H19N5O3S2/c1-11-14(12(2)24-19-11)26(22,23)21-6-3-5-20(7-8-21)15-13-4-9-25-16(13)18-10-17-15/h4,9-10H,3,5-8H2,1-2H3. The van der Waals surface area contributed by atoms with E-state index in [0.29, 0.717) is 31.1 Å². The summed E-state index contributed by atoms with van der Waals surface area (Å²) in [5.41, 5.74) is 0.402. The Kier molecular flexibility index (Phi) is 4.41. The van der Waals surface area contributed by atoms with Gasteiger partial charge in [-0.25, -0.2) is 18.4 Å². The van der Waals surface area contributed by atoms with Crippen LogP contribution in [-0.2, 0) is 10.0 Å². The predicted molar refractivity (Wildman–Crippen MR) is 99.0 cm³/mol. The van der Waals surface area contributed by atoms with Crippen LogP contribution in [0.4, 0.5) is 5.82 Å². The van der Waals surface area contributed by atoms with Crippen LogP contribution in [0.25, 0.3) is 10.2 Å². The fourth-order valence-corrected chi connectivity index (χ4v) is 5.83. The van der Waals surface area contributed by atoms with Crippen molar-refractivity contribution in [2.24, 2.45) is 0 Å². The maximum atomic E-state index is 13.0. The second kappa shape index (κ2) is 6.60. The van der Waals surface area contributed by atoms with Gasteiger partial charge < -0.3 is 9.42 Å². The molecule has 0 N–H and O–H groups in total. The largest absolute Gasteiger partial charge is 0.360 e. The smallest absolute Gasteiger partial charge is 0.248 e. The van der Waals surface area contributed by atoms with Crippen molar-refractivity contribution in [1.82, 2.24) is 19.4 Å². The van der Waals surface area contributed by atoms with Crippen molar-refractivity contribution in [3.05, 3.63) is 29.2 Å². The van der Waals surface area contributed by atoms with Gasteiger partial charge in [0, 0.05) is 26.2 Å². The lowest BCUT2D eigenvalue weighted by molar-refractivity contribution is 0.389. The van der Waals surface area contributed by atoms with Gasteiger partial charge in [-0.1, -0.05) is 5.16 Å². The molecule has 0 aliphatic carbocycles. The Balaban J connectivity index is 1.60. The zero-order valence-electron chi connectivity index (χ0n) is 14.5. The zero-order chi connectivity index (χ0) is 18.3. The minimum atomic E-state index is -3.62. The van der Waals surface area contributed by atoms with E-state index >= 15 is 0 Å². The number of aromatic nitrogens is 3. The summed E-state index contributed by atoms with van der Waals surface area (Å²) in [6, 6.07) is 2.01. The van der Waals surface area contributed by atoms with Crippen LogP contribution in [0.3, 0.4) is 0 Å². The maximum absolute atomic E-state index is 13.0. The highest BCUT2D eigenvalue weighted by Gasteiger charge is 2.32. The molecule has 8 nitrogen and oxygen atoms in total. The Morgan fingerprint density at radius 2 is 2.00 bits per heavy atom. The van der Waals surface area contributed by atoms with Crippen molar-refractivity contribution in [2.45, 2.75) is 25.2 Å². The molecule has 1 fully saturated rings. The van der Waals surface area contributed by atoms with Gasteiger partial charge >= 0.3 is 0 Å². The first kappa shape index (κ1) is 17.4. The molecule has 0 bridgehead atoms. The molecule has 138 valence electrons. The van der Waals surface area contributed by atoms with Gasteiger partial charge in [0.05, 0.1) is 5.39 Å². The van der Waals surface area contributed by atoms with E-state index in [2.05, 4.69) is 20.0 Å². The van der Waals surface area contributed by atoms with Crippen molar-refractivity contribution < 1.29 is 12.9 Å². The molecule has 0 aromatic carbocycles. The summed E-state index contributed by atoms with van der Waals surface area (Å²) in [5, 5.41) is 6.79. The fraction of sp³-hybridized carbons (Fsp3) is 0.438. The second-order valence-corrected chi connectivity index (χ2v) is 9.00. The van der Waals surface area contributed by atoms with Crippen LogP contribution in [0.2, 0.25) is 0 Å². The van der Waals surface area contributed by atoms with E-state index in [-0.39, 0.29) is 4.90 Å². The molecule has 1 aliphatic rings. The maximum Gasteiger partial charge on any atom is 0.248 e. The molecular formula is C16H19N5O3S2. The van der Waals surface area contributed by atoms with Crippen LogP contribution < -0.4 is 4.90 Å². The monoisotopic (exact) mass is 393 g/mol. The molecule has 3 aromatic rings. The third-order valence-corrected chi connectivity index (χ3v) is 7.53. The summed E-state index contributed by atoms with van der Waals surface area (Å²) in [6.07, 6.45) is 2.29. The van der Waals surface area contributed by atoms with E-state index in [1.165, 1.54) is 4.31 Å². The average molecular weight is 393 g/mol. The Morgan fingerprint density at radius 1 is 1.15 bits per heavy atom. The molecular weight excluding hydrogens is 374 g/mol. The number of anilines is 1. The zero-order valence-corrected chi connectivity index (χ0v) is 16.2. The molecule has 3 aromatic heterocycles. The number of aryl methyl sites for hydroxylation is 2. The highest BCUT2D eigenvalue weighted by atomic mass is 32.2. The van der Waals surface area contributed by atoms with Gasteiger partial charge in [0.2, 0.25) is 10.0 Å². The Bertz CT molecular complexity index is 1020. The Labute approximate surface area is 155 Å². The Morgan fingerprint density at radius 3 is 2.77 bits per heavy atom. The first-order chi connectivity index (χ1) is 12.5. The summed E-state index contributed by atoms with van der Waals surface area (Å²) in [6.45, 7) is 5.45. The van der Waals surface area contributed by atoms with Crippen LogP contribution in [0.15, 0.2) is 27.2 Å². The van der Waals surface area contributed by atoms with E-state index in [1.807, 2.05) is 11.4 Å². The third-order valence-electron chi connectivity index (χ3n) is 4.56. The molecule has 10 heteroatoms. The van der Waals surface area contributed by atoms with Crippen LogP contribution in [-0.4, -0.2) is 54.0 Å². The van der Waals surface area contributed by atoms with Gasteiger partial charge in [-0.05, 0) is 31.7 Å². The second-order valence-electron chi connectivity index (χ2n) is 6.23. The minimum Gasteiger partial charge on any atom is -0.360 e. The lowest BCUT2D eigenvalue weighted by Gasteiger charge is -2.23. The number of fused-ring (bicyclic) bond motifs is 1. The topological polar surface area (TPSA) is 92.4 Å². The van der Waals surface area contributed by atoms with Gasteiger partial charge in [-0.3, -0.25) is 0 Å². The lowest BCUT2D eigenvalue weighted by Crippen LogP contribution is -2.35. The summed E-state index contributed by atoms with van der Waals surface area (Å²) in [4.78, 5) is 12.0. The molecule has 4 heterocycles. The summed E-state index contributed by atoms with van der Waals surface area (Å²) < 4.78 is 32.7. The molecule has 0 spiro atoms. The van der Waals surface area contributed by atoms with E-state index in [9.17, 15) is 8.42 Å². The molecule has 1 aliphatic heterocycles. The lowest BCUT2D eigenvalue weighted by atomic mass is 10.3. The first-order valence-electron chi connectivity index (χ1n) is 8.34. The molecule has 0 atom stereocenters. The van der Waals surface area contributed by atoms with Gasteiger partial charge in [-0.2, -0.15) is 4.31 Å². The quantitative estimate of drug-likeness (QED) is 0.673. The number of hydrogen-bond acceptors (Lipinski definition) is 8. The minimum absolute atomic E-state index is 0.188. The van der Waals surface area contributed by atoms with Crippen LogP contribution in [0.1, 0.15) is 17.9 Å². The summed E-state index contributed by atoms with van der Waals surface area (Å²) in [5.74, 6) is 1.20. The van der Waals surface area contributed by atoms with Gasteiger partial charge in [0.25, 0.3) is 0 Å². The SMILES string of the molecule is Cc1noc(C)c1S(=O)(=O)N1CCCN(c2ncnc3sccc23)CC1. The molecule has 0 unspecified atom stereocenters. The fourth-order valence-electron chi connectivity index (χ4n) is 3.35. The summed E-state index contributed by atoms with van der Waals surface area (Å²) >= 11 is 1.58. The summed E-state index contributed by atoms with van der Waals surface area (Å²) in [7, 11) is -3.62. The number of rotatable bonds is 3. The van der Waals surface area contributed by atoms with Crippen LogP contribution >= 0.6 is 11.3 Å². The number of sulfonamides is 1. The van der Waals surface area contributed by atoms with E-state index < -0.39 is 10.0 Å².